The maximum absolute atomic E-state index is 13.8. The first-order valence-corrected chi connectivity index (χ1v) is 13.9. The molecule has 1 aromatic carbocycles. The van der Waals surface area contributed by atoms with Gasteiger partial charge in [-0.3, -0.25) is 24.5 Å². The molecule has 0 aliphatic heterocycles. The number of aldehydes is 1. The zero-order valence-corrected chi connectivity index (χ0v) is 22.3. The van der Waals surface area contributed by atoms with E-state index in [0.717, 1.165) is 42.3 Å². The minimum Gasteiger partial charge on any atom is -0.345 e. The molecule has 3 amide bonds. The molecule has 0 unspecified atom stereocenters. The van der Waals surface area contributed by atoms with E-state index in [1.54, 1.807) is 35.8 Å². The highest BCUT2D eigenvalue weighted by atomic mass is 32.1. The molecule has 10 nitrogen and oxygen atoms in total. The van der Waals surface area contributed by atoms with Gasteiger partial charge in [-0.05, 0) is 55.4 Å². The predicted molar refractivity (Wildman–Crippen MR) is 145 cm³/mol. The lowest BCUT2D eigenvalue weighted by molar-refractivity contribution is -0.111. The summed E-state index contributed by atoms with van der Waals surface area (Å²) in [6.07, 6.45) is 6.85. The number of imide groups is 1. The molecule has 1 atom stereocenters. The second kappa shape index (κ2) is 10.7. The molecule has 0 saturated heterocycles. The summed E-state index contributed by atoms with van der Waals surface area (Å²) in [5.41, 5.74) is 3.05. The topological polar surface area (TPSA) is 131 Å². The number of nitrogens with one attached hydrogen (secondary N) is 1. The van der Waals surface area contributed by atoms with E-state index in [4.69, 9.17) is 5.84 Å². The monoisotopic (exact) mass is 536 g/mol. The molecule has 2 aliphatic carbocycles. The Hall–Kier alpha value is -3.57. The van der Waals surface area contributed by atoms with Gasteiger partial charge in [-0.2, -0.15) is 0 Å². The smallest absolute Gasteiger partial charge is 0.340 e. The Kier molecular flexibility index (Phi) is 7.31. The van der Waals surface area contributed by atoms with E-state index >= 15 is 0 Å². The molecule has 3 N–H and O–H groups in total. The van der Waals surface area contributed by atoms with Gasteiger partial charge in [-0.15, -0.1) is 11.3 Å². The molecular weight excluding hydrogens is 504 g/mol. The van der Waals surface area contributed by atoms with Crippen LogP contribution in [0.3, 0.4) is 0 Å². The highest BCUT2D eigenvalue weighted by molar-refractivity contribution is 7.14. The number of amides is 3. The summed E-state index contributed by atoms with van der Waals surface area (Å²) in [5, 5.41) is 3.07. The van der Waals surface area contributed by atoms with E-state index in [2.05, 4.69) is 29.2 Å². The summed E-state index contributed by atoms with van der Waals surface area (Å²) >= 11 is 1.39. The molecule has 0 bridgehead atoms. The van der Waals surface area contributed by atoms with Gasteiger partial charge >= 0.3 is 6.03 Å². The minimum absolute atomic E-state index is 0.169. The molecule has 0 radical (unpaired) electrons. The first-order valence-electron chi connectivity index (χ1n) is 13.0. The molecule has 2 aromatic heterocycles. The third-order valence-corrected chi connectivity index (χ3v) is 7.86. The fourth-order valence-electron chi connectivity index (χ4n) is 4.75. The average Bonchev–Trinajstić information content (AvgIpc) is 3.83. The van der Waals surface area contributed by atoms with E-state index < -0.39 is 23.9 Å². The number of benzene rings is 1. The zero-order valence-electron chi connectivity index (χ0n) is 21.5. The summed E-state index contributed by atoms with van der Waals surface area (Å²) < 4.78 is 1.33. The number of aromatic nitrogens is 2. The summed E-state index contributed by atoms with van der Waals surface area (Å²) in [7, 11) is 0. The molecule has 5 rings (SSSR count). The number of anilines is 1. The number of nitrogens with zero attached hydrogens (tertiary/aromatic N) is 4. The number of hydrogen-bond donors (Lipinski definition) is 2. The van der Waals surface area contributed by atoms with Gasteiger partial charge in [-0.25, -0.2) is 15.6 Å². The van der Waals surface area contributed by atoms with Gasteiger partial charge in [0.1, 0.15) is 12.0 Å². The van der Waals surface area contributed by atoms with Crippen LogP contribution in [-0.2, 0) is 4.79 Å². The Morgan fingerprint density at radius 3 is 2.58 bits per heavy atom. The van der Waals surface area contributed by atoms with Crippen LogP contribution in [0, 0.1) is 11.8 Å². The Balaban J connectivity index is 1.46. The highest BCUT2D eigenvalue weighted by Gasteiger charge is 2.37. The lowest BCUT2D eigenvalue weighted by Gasteiger charge is -2.26. The van der Waals surface area contributed by atoms with Crippen LogP contribution < -0.4 is 16.2 Å². The largest absolute Gasteiger partial charge is 0.345 e. The number of carbonyl (C=O) groups is 4. The Morgan fingerprint density at radius 2 is 1.95 bits per heavy atom. The number of nitrogens with two attached hydrogens (primary N) is 1. The lowest BCUT2D eigenvalue weighted by Crippen LogP contribution is -2.46. The molecule has 38 heavy (non-hydrogen) atoms. The first-order chi connectivity index (χ1) is 18.3. The van der Waals surface area contributed by atoms with Crippen molar-refractivity contribution in [2.75, 3.05) is 11.4 Å². The summed E-state index contributed by atoms with van der Waals surface area (Å²) in [5.74, 6) is 4.88. The second-order valence-electron chi connectivity index (χ2n) is 10.6. The third-order valence-electron chi connectivity index (χ3n) is 6.98. The molecule has 2 saturated carbocycles. The normalized spacial score (nSPS) is 15.9. The maximum atomic E-state index is 13.8. The number of thiazole rings is 1. The predicted octanol–water partition coefficient (Wildman–Crippen LogP) is 3.80. The van der Waals surface area contributed by atoms with Crippen molar-refractivity contribution < 1.29 is 19.2 Å². The number of hydrogen-bond acceptors (Lipinski definition) is 8. The van der Waals surface area contributed by atoms with E-state index in [0.29, 0.717) is 41.5 Å². The van der Waals surface area contributed by atoms with Gasteiger partial charge in [0.25, 0.3) is 11.8 Å². The lowest BCUT2D eigenvalue weighted by atomic mass is 10.1. The van der Waals surface area contributed by atoms with Gasteiger partial charge in [0.2, 0.25) is 0 Å². The van der Waals surface area contributed by atoms with Crippen LogP contribution in [-0.4, -0.2) is 57.2 Å². The molecule has 3 aromatic rings. The maximum Gasteiger partial charge on any atom is 0.340 e. The van der Waals surface area contributed by atoms with Gasteiger partial charge in [0.05, 0.1) is 11.6 Å². The quantitative estimate of drug-likeness (QED) is 0.132. The van der Waals surface area contributed by atoms with Crippen LogP contribution in [0.2, 0.25) is 0 Å². The van der Waals surface area contributed by atoms with Gasteiger partial charge in [0.15, 0.2) is 5.13 Å². The van der Waals surface area contributed by atoms with Crippen molar-refractivity contribution in [3.05, 3.63) is 47.1 Å². The number of fused-ring (bicyclic) bond motifs is 1. The van der Waals surface area contributed by atoms with Crippen LogP contribution in [0.4, 0.5) is 9.93 Å². The van der Waals surface area contributed by atoms with Gasteiger partial charge in [-0.1, -0.05) is 26.7 Å². The standard InChI is InChI=1S/C27H32N6O4S/c1-16(2)13-32(20-6-7-20)27-29-22(15-38-27)25(36)33(21(14-34)11-17-3-4-17)24(35)19-5-8-23-18(12-19)9-10-31(23)26(37)30-28/h5,8-10,12,14-17,20-21H,3-4,6-7,11,13,28H2,1-2H3,(H,30,37)/t21-/m0/s1. The van der Waals surface area contributed by atoms with Crippen molar-refractivity contribution in [2.45, 2.75) is 58.0 Å². The summed E-state index contributed by atoms with van der Waals surface area (Å²) in [6.45, 7) is 5.14. The highest BCUT2D eigenvalue weighted by Crippen LogP contribution is 2.36. The van der Waals surface area contributed by atoms with Crippen molar-refractivity contribution in [1.29, 1.82) is 0 Å². The molecule has 2 heterocycles. The van der Waals surface area contributed by atoms with Crippen molar-refractivity contribution in [1.82, 2.24) is 19.9 Å². The van der Waals surface area contributed by atoms with Gasteiger partial charge in [0, 0.05) is 35.1 Å². The Labute approximate surface area is 224 Å². The van der Waals surface area contributed by atoms with Crippen LogP contribution in [0.25, 0.3) is 10.9 Å². The third kappa shape index (κ3) is 5.34. The number of carbonyl (C=O) groups excluding carboxylic acids is 4. The van der Waals surface area contributed by atoms with Crippen LogP contribution in [0.5, 0.6) is 0 Å². The summed E-state index contributed by atoms with van der Waals surface area (Å²) in [4.78, 5) is 59.8. The molecule has 200 valence electrons. The van der Waals surface area contributed by atoms with E-state index in [1.807, 2.05) is 0 Å². The Morgan fingerprint density at radius 1 is 1.18 bits per heavy atom. The number of hydrazine groups is 1. The Bertz CT molecular complexity index is 1370. The van der Waals surface area contributed by atoms with E-state index in [1.165, 1.54) is 15.9 Å². The fourth-order valence-corrected chi connectivity index (χ4v) is 5.63. The van der Waals surface area contributed by atoms with E-state index in [-0.39, 0.29) is 11.3 Å². The molecular formula is C27H32N6O4S. The van der Waals surface area contributed by atoms with Crippen LogP contribution in [0.15, 0.2) is 35.8 Å². The van der Waals surface area contributed by atoms with E-state index in [9.17, 15) is 19.2 Å². The van der Waals surface area contributed by atoms with Crippen LogP contribution >= 0.6 is 11.3 Å². The fraction of sp³-hybridized carbons (Fsp3) is 0.444. The van der Waals surface area contributed by atoms with Gasteiger partial charge < -0.3 is 9.69 Å². The zero-order chi connectivity index (χ0) is 27.0. The molecule has 2 aliphatic rings. The van der Waals surface area contributed by atoms with Crippen molar-refractivity contribution >= 4 is 51.5 Å². The van der Waals surface area contributed by atoms with Crippen molar-refractivity contribution in [2.24, 2.45) is 17.7 Å². The summed E-state index contributed by atoms with van der Waals surface area (Å²) in [6, 6.07) is 5.50. The molecule has 2 fully saturated rings. The number of rotatable bonds is 10. The number of nitrogen functional groups attached to an aromatic ring is 1. The van der Waals surface area contributed by atoms with Crippen LogP contribution in [0.1, 0.15) is 66.8 Å². The minimum atomic E-state index is -0.883. The average molecular weight is 537 g/mol. The van der Waals surface area contributed by atoms with Crippen molar-refractivity contribution in [3.8, 4) is 0 Å². The SMILES string of the molecule is CC(C)CN(c1nc(C(=O)N(C(=O)c2ccc3c(ccn3C(=O)NN)c2)[C@H](C=O)CC2CC2)cs1)C1CC1. The van der Waals surface area contributed by atoms with Crippen molar-refractivity contribution in [3.63, 3.8) is 0 Å². The first kappa shape index (κ1) is 26.1. The molecule has 0 spiro atoms. The molecule has 11 heteroatoms. The second-order valence-corrected chi connectivity index (χ2v) is 11.4.